The largest absolute Gasteiger partial charge is 0.469 e. The minimum Gasteiger partial charge on any atom is -0.462 e. The van der Waals surface area contributed by atoms with Gasteiger partial charge in [-0.25, -0.2) is 4.57 Å². The van der Waals surface area contributed by atoms with E-state index in [0.717, 1.165) is 57.3 Å². The second-order valence-electron chi connectivity index (χ2n) is 12.7. The Morgan fingerprint density at radius 1 is 0.674 bits per heavy atom. The zero-order valence-corrected chi connectivity index (χ0v) is 30.0. The van der Waals surface area contributed by atoms with Gasteiger partial charge in [0, 0.05) is 19.3 Å². The maximum absolute atomic E-state index is 12.3. The molecular weight excluding hydrogens is 607 g/mol. The molecule has 10 heteroatoms. The third kappa shape index (κ3) is 33.6. The van der Waals surface area contributed by atoms with Gasteiger partial charge in [0.15, 0.2) is 11.9 Å². The predicted molar refractivity (Wildman–Crippen MR) is 184 cm³/mol. The summed E-state index contributed by atoms with van der Waals surface area (Å²) >= 11 is 0. The van der Waals surface area contributed by atoms with Crippen LogP contribution in [0.15, 0.2) is 24.3 Å². The highest BCUT2D eigenvalue weighted by Crippen LogP contribution is 2.36. The van der Waals surface area contributed by atoms with Crippen LogP contribution in [0.2, 0.25) is 0 Å². The average Bonchev–Trinajstić information content (AvgIpc) is 2.99. The SMILES string of the molecule is CCCCC/C=C\C=C\C(=O)CCCCCCCC(=O)O[C@H](COC(=O)CCCCCCCCCCCC(C)C)COP(=O)(O)O. The molecule has 0 bridgehead atoms. The topological polar surface area (TPSA) is 136 Å². The van der Waals surface area contributed by atoms with Gasteiger partial charge in [0.05, 0.1) is 6.61 Å². The van der Waals surface area contributed by atoms with E-state index < -0.39 is 32.5 Å². The fourth-order valence-corrected chi connectivity index (χ4v) is 5.25. The number of hydrogen-bond donors (Lipinski definition) is 2. The van der Waals surface area contributed by atoms with E-state index in [4.69, 9.17) is 19.3 Å². The quantitative estimate of drug-likeness (QED) is 0.0235. The molecule has 0 radical (unpaired) electrons. The molecule has 0 aromatic carbocycles. The number of ketones is 1. The molecule has 0 saturated carbocycles. The van der Waals surface area contributed by atoms with Crippen molar-refractivity contribution in [3.05, 3.63) is 24.3 Å². The molecule has 0 heterocycles. The summed E-state index contributed by atoms with van der Waals surface area (Å²) in [5, 5.41) is 0. The molecule has 0 aliphatic carbocycles. The summed E-state index contributed by atoms with van der Waals surface area (Å²) in [4.78, 5) is 54.5. The van der Waals surface area contributed by atoms with Gasteiger partial charge in [-0.05, 0) is 44.1 Å². The fraction of sp³-hybridized carbons (Fsp3) is 0.806. The number of carbonyl (C=O) groups is 3. The monoisotopic (exact) mass is 672 g/mol. The first-order valence-electron chi connectivity index (χ1n) is 17.9. The van der Waals surface area contributed by atoms with Gasteiger partial charge in [-0.15, -0.1) is 0 Å². The lowest BCUT2D eigenvalue weighted by atomic mass is 10.0. The van der Waals surface area contributed by atoms with Crippen LogP contribution in [-0.2, 0) is 32.9 Å². The summed E-state index contributed by atoms with van der Waals surface area (Å²) < 4.78 is 26.2. The van der Waals surface area contributed by atoms with Gasteiger partial charge < -0.3 is 19.3 Å². The Hall–Kier alpha value is -1.80. The number of esters is 2. The van der Waals surface area contributed by atoms with Gasteiger partial charge in [-0.1, -0.05) is 129 Å². The van der Waals surface area contributed by atoms with Crippen molar-refractivity contribution < 1.29 is 42.7 Å². The van der Waals surface area contributed by atoms with Crippen molar-refractivity contribution in [2.45, 2.75) is 168 Å². The lowest BCUT2D eigenvalue weighted by Crippen LogP contribution is -2.29. The van der Waals surface area contributed by atoms with E-state index >= 15 is 0 Å². The minimum atomic E-state index is -4.78. The summed E-state index contributed by atoms with van der Waals surface area (Å²) in [6, 6.07) is 0. The van der Waals surface area contributed by atoms with E-state index in [1.54, 1.807) is 12.2 Å². The van der Waals surface area contributed by atoms with Gasteiger partial charge in [0.1, 0.15) is 6.61 Å². The molecule has 0 amide bonds. The standard InChI is InChI=1S/C36H65O9P/c1-4-5-6-7-11-16-21-26-33(37)27-22-17-14-19-24-29-36(39)45-34(31-44-46(40,41)42)30-43-35(38)28-23-18-13-10-8-9-12-15-20-25-32(2)3/h11,16,21,26,32,34H,4-10,12-15,17-20,22-25,27-31H2,1-3H3,(H2,40,41,42)/b16-11-,26-21+/t34-/m1/s1. The number of unbranched alkanes of at least 4 members (excludes halogenated alkanes) is 15. The number of carbonyl (C=O) groups excluding carboxylic acids is 3. The zero-order valence-electron chi connectivity index (χ0n) is 29.1. The molecule has 2 N–H and O–H groups in total. The van der Waals surface area contributed by atoms with Crippen LogP contribution in [0.4, 0.5) is 0 Å². The van der Waals surface area contributed by atoms with Crippen molar-refractivity contribution in [2.75, 3.05) is 13.2 Å². The number of phosphoric acid groups is 1. The average molecular weight is 673 g/mol. The lowest BCUT2D eigenvalue weighted by Gasteiger charge is -2.18. The summed E-state index contributed by atoms with van der Waals surface area (Å²) in [6.07, 6.45) is 27.3. The summed E-state index contributed by atoms with van der Waals surface area (Å²) in [5.41, 5.74) is 0. The maximum Gasteiger partial charge on any atom is 0.469 e. The number of allylic oxidation sites excluding steroid dienone is 4. The lowest BCUT2D eigenvalue weighted by molar-refractivity contribution is -0.161. The van der Waals surface area contributed by atoms with Crippen molar-refractivity contribution in [3.8, 4) is 0 Å². The third-order valence-electron chi connectivity index (χ3n) is 7.63. The Morgan fingerprint density at radius 2 is 1.22 bits per heavy atom. The van der Waals surface area contributed by atoms with E-state index in [1.165, 1.54) is 57.8 Å². The van der Waals surface area contributed by atoms with Crippen LogP contribution in [-0.4, -0.2) is 46.8 Å². The molecular formula is C36H65O9P. The fourth-order valence-electron chi connectivity index (χ4n) is 4.89. The molecule has 268 valence electrons. The van der Waals surface area contributed by atoms with Crippen molar-refractivity contribution in [3.63, 3.8) is 0 Å². The Bertz CT molecular complexity index is 879. The summed E-state index contributed by atoms with van der Waals surface area (Å²) in [7, 11) is -4.78. The molecule has 0 aliphatic rings. The highest BCUT2D eigenvalue weighted by molar-refractivity contribution is 7.46. The first kappa shape index (κ1) is 44.2. The molecule has 0 saturated heterocycles. The molecule has 46 heavy (non-hydrogen) atoms. The number of phosphoric ester groups is 1. The van der Waals surface area contributed by atoms with E-state index in [1.807, 2.05) is 6.08 Å². The van der Waals surface area contributed by atoms with Crippen LogP contribution >= 0.6 is 7.82 Å². The molecule has 0 spiro atoms. The third-order valence-corrected chi connectivity index (χ3v) is 8.11. The van der Waals surface area contributed by atoms with Gasteiger partial charge in [0.25, 0.3) is 0 Å². The van der Waals surface area contributed by atoms with Crippen LogP contribution < -0.4 is 0 Å². The van der Waals surface area contributed by atoms with Crippen LogP contribution in [0.3, 0.4) is 0 Å². The van der Waals surface area contributed by atoms with Crippen molar-refractivity contribution in [2.24, 2.45) is 5.92 Å². The number of rotatable bonds is 32. The smallest absolute Gasteiger partial charge is 0.462 e. The van der Waals surface area contributed by atoms with E-state index in [-0.39, 0.29) is 25.2 Å². The van der Waals surface area contributed by atoms with Crippen LogP contribution in [0, 0.1) is 5.92 Å². The molecule has 1 atom stereocenters. The summed E-state index contributed by atoms with van der Waals surface area (Å²) in [6.45, 7) is 5.80. The maximum atomic E-state index is 12.3. The Balaban J connectivity index is 4.09. The van der Waals surface area contributed by atoms with Crippen molar-refractivity contribution >= 4 is 25.5 Å². The zero-order chi connectivity index (χ0) is 34.3. The normalized spacial score (nSPS) is 12.7. The highest BCUT2D eigenvalue weighted by Gasteiger charge is 2.22. The van der Waals surface area contributed by atoms with Crippen LogP contribution in [0.1, 0.15) is 162 Å². The van der Waals surface area contributed by atoms with E-state index in [0.29, 0.717) is 19.3 Å². The van der Waals surface area contributed by atoms with Crippen molar-refractivity contribution in [1.29, 1.82) is 0 Å². The van der Waals surface area contributed by atoms with Crippen molar-refractivity contribution in [1.82, 2.24) is 0 Å². The molecule has 0 fully saturated rings. The molecule has 0 aromatic rings. The van der Waals surface area contributed by atoms with E-state index in [9.17, 15) is 18.9 Å². The molecule has 0 aromatic heterocycles. The minimum absolute atomic E-state index is 0.111. The predicted octanol–water partition coefficient (Wildman–Crippen LogP) is 9.49. The Morgan fingerprint density at radius 3 is 1.78 bits per heavy atom. The van der Waals surface area contributed by atoms with Gasteiger partial charge >= 0.3 is 19.8 Å². The number of hydrogen-bond acceptors (Lipinski definition) is 7. The highest BCUT2D eigenvalue weighted by atomic mass is 31.2. The van der Waals surface area contributed by atoms with Crippen LogP contribution in [0.25, 0.3) is 0 Å². The van der Waals surface area contributed by atoms with E-state index in [2.05, 4.69) is 31.4 Å². The molecule has 0 rings (SSSR count). The molecule has 0 aliphatic heterocycles. The summed E-state index contributed by atoms with van der Waals surface area (Å²) in [5.74, 6) is -0.0870. The Labute approximate surface area is 279 Å². The second-order valence-corrected chi connectivity index (χ2v) is 14.0. The van der Waals surface area contributed by atoms with Gasteiger partial charge in [0.2, 0.25) is 0 Å². The van der Waals surface area contributed by atoms with Gasteiger partial charge in [-0.3, -0.25) is 18.9 Å². The second kappa shape index (κ2) is 30.5. The Kier molecular flexibility index (Phi) is 29.3. The molecule has 9 nitrogen and oxygen atoms in total. The first-order chi connectivity index (χ1) is 22.0. The molecule has 0 unspecified atom stereocenters. The van der Waals surface area contributed by atoms with Crippen LogP contribution in [0.5, 0.6) is 0 Å². The first-order valence-corrected chi connectivity index (χ1v) is 19.5. The number of ether oxygens (including phenoxy) is 2. The van der Waals surface area contributed by atoms with Gasteiger partial charge in [-0.2, -0.15) is 0 Å².